The van der Waals surface area contributed by atoms with Gasteiger partial charge in [-0.1, -0.05) is 55.5 Å². The summed E-state index contributed by atoms with van der Waals surface area (Å²) in [5, 5.41) is 12.7. The lowest BCUT2D eigenvalue weighted by Crippen LogP contribution is -2.43. The predicted molar refractivity (Wildman–Crippen MR) is 141 cm³/mol. The number of carboxylic acids is 1. The summed E-state index contributed by atoms with van der Waals surface area (Å²) in [4.78, 5) is 26.3. The first-order chi connectivity index (χ1) is 17.4. The van der Waals surface area contributed by atoms with Crippen molar-refractivity contribution in [3.8, 4) is 11.5 Å². The summed E-state index contributed by atoms with van der Waals surface area (Å²) >= 11 is 0. The standard InChI is InChI=1S/C29H34N2O5/c1-3-19-31(28(34)30-24-11-6-4-7-12-24)20-10-21-35-25-17-15-23(16-18-25)22-29(2,27(32)33)36-26-13-8-5-9-14-26/h4-9,11-18H,3,10,19-22H2,1-2H3,(H,30,34)(H,32,33)/t29-/m0/s1. The van der Waals surface area contributed by atoms with E-state index in [9.17, 15) is 14.7 Å². The molecule has 0 aliphatic heterocycles. The maximum Gasteiger partial charge on any atom is 0.348 e. The zero-order valence-corrected chi connectivity index (χ0v) is 20.9. The van der Waals surface area contributed by atoms with Gasteiger partial charge in [0.1, 0.15) is 11.5 Å². The van der Waals surface area contributed by atoms with Gasteiger partial charge in [0.25, 0.3) is 0 Å². The van der Waals surface area contributed by atoms with Crippen molar-refractivity contribution in [2.24, 2.45) is 0 Å². The lowest BCUT2D eigenvalue weighted by atomic mass is 9.96. The Bertz CT molecular complexity index is 1090. The second kappa shape index (κ2) is 13.2. The number of aliphatic carboxylic acids is 1. The maximum absolute atomic E-state index is 12.6. The molecule has 0 aliphatic carbocycles. The highest BCUT2D eigenvalue weighted by molar-refractivity contribution is 5.89. The minimum absolute atomic E-state index is 0.119. The van der Waals surface area contributed by atoms with Crippen molar-refractivity contribution in [1.29, 1.82) is 0 Å². The van der Waals surface area contributed by atoms with Crippen LogP contribution >= 0.6 is 0 Å². The van der Waals surface area contributed by atoms with Crippen molar-refractivity contribution in [3.05, 3.63) is 90.5 Å². The summed E-state index contributed by atoms with van der Waals surface area (Å²) in [5.74, 6) is 0.173. The van der Waals surface area contributed by atoms with Crippen LogP contribution in [0.4, 0.5) is 10.5 Å². The van der Waals surface area contributed by atoms with Crippen LogP contribution in [0.2, 0.25) is 0 Å². The molecule has 0 aliphatic rings. The van der Waals surface area contributed by atoms with Gasteiger partial charge in [0.2, 0.25) is 5.60 Å². The van der Waals surface area contributed by atoms with Crippen molar-refractivity contribution < 1.29 is 24.2 Å². The molecule has 190 valence electrons. The van der Waals surface area contributed by atoms with E-state index in [1.54, 1.807) is 36.1 Å². The maximum atomic E-state index is 12.6. The molecule has 0 radical (unpaired) electrons. The molecule has 36 heavy (non-hydrogen) atoms. The second-order valence-electron chi connectivity index (χ2n) is 8.76. The monoisotopic (exact) mass is 490 g/mol. The van der Waals surface area contributed by atoms with Gasteiger partial charge in [-0.05, 0) is 61.7 Å². The molecule has 3 rings (SSSR count). The molecule has 0 heterocycles. The third-order valence-corrected chi connectivity index (χ3v) is 5.65. The molecule has 7 heteroatoms. The Morgan fingerprint density at radius 2 is 1.53 bits per heavy atom. The minimum atomic E-state index is -1.40. The number of hydrogen-bond acceptors (Lipinski definition) is 4. The number of anilines is 1. The highest BCUT2D eigenvalue weighted by atomic mass is 16.5. The summed E-state index contributed by atoms with van der Waals surface area (Å²) in [6.45, 7) is 5.32. The van der Waals surface area contributed by atoms with E-state index in [1.807, 2.05) is 67.6 Å². The molecule has 7 nitrogen and oxygen atoms in total. The van der Waals surface area contributed by atoms with Crippen LogP contribution in [0.3, 0.4) is 0 Å². The number of rotatable bonds is 13. The number of ether oxygens (including phenoxy) is 2. The molecular weight excluding hydrogens is 456 g/mol. The molecule has 0 saturated carbocycles. The molecule has 3 aromatic carbocycles. The summed E-state index contributed by atoms with van der Waals surface area (Å²) in [6, 6.07) is 25.6. The molecule has 0 saturated heterocycles. The van der Waals surface area contributed by atoms with Gasteiger partial charge in [-0.3, -0.25) is 0 Å². The zero-order chi connectivity index (χ0) is 25.8. The van der Waals surface area contributed by atoms with Gasteiger partial charge in [-0.2, -0.15) is 0 Å². The minimum Gasteiger partial charge on any atom is -0.494 e. The van der Waals surface area contributed by atoms with Crippen LogP contribution in [0.15, 0.2) is 84.9 Å². The fraction of sp³-hybridized carbons (Fsp3) is 0.310. The lowest BCUT2D eigenvalue weighted by molar-refractivity contribution is -0.153. The van der Waals surface area contributed by atoms with E-state index in [4.69, 9.17) is 9.47 Å². The smallest absolute Gasteiger partial charge is 0.348 e. The molecule has 0 unspecified atom stereocenters. The number of benzene rings is 3. The van der Waals surface area contributed by atoms with E-state index < -0.39 is 11.6 Å². The van der Waals surface area contributed by atoms with E-state index in [-0.39, 0.29) is 12.5 Å². The van der Waals surface area contributed by atoms with E-state index >= 15 is 0 Å². The van der Waals surface area contributed by atoms with E-state index in [0.29, 0.717) is 37.6 Å². The van der Waals surface area contributed by atoms with Crippen LogP contribution in [0.5, 0.6) is 11.5 Å². The third kappa shape index (κ3) is 8.05. The number of carbonyl (C=O) groups is 2. The number of nitrogens with one attached hydrogen (secondary N) is 1. The van der Waals surface area contributed by atoms with Crippen LogP contribution in [-0.4, -0.2) is 47.3 Å². The van der Waals surface area contributed by atoms with Gasteiger partial charge in [0, 0.05) is 25.2 Å². The summed E-state index contributed by atoms with van der Waals surface area (Å²) in [7, 11) is 0. The number of urea groups is 1. The highest BCUT2D eigenvalue weighted by Gasteiger charge is 2.36. The van der Waals surface area contributed by atoms with Crippen molar-refractivity contribution in [2.75, 3.05) is 25.0 Å². The van der Waals surface area contributed by atoms with Gasteiger partial charge in [0.15, 0.2) is 0 Å². The van der Waals surface area contributed by atoms with Gasteiger partial charge < -0.3 is 24.8 Å². The summed E-state index contributed by atoms with van der Waals surface area (Å²) in [5.41, 5.74) is 0.204. The first-order valence-corrected chi connectivity index (χ1v) is 12.2. The Balaban J connectivity index is 1.48. The molecule has 0 fully saturated rings. The number of nitrogens with zero attached hydrogens (tertiary/aromatic N) is 1. The summed E-state index contributed by atoms with van der Waals surface area (Å²) in [6.07, 6.45) is 1.76. The first-order valence-electron chi connectivity index (χ1n) is 12.2. The van der Waals surface area contributed by atoms with E-state index in [2.05, 4.69) is 5.32 Å². The van der Waals surface area contributed by atoms with Gasteiger partial charge in [0.05, 0.1) is 6.61 Å². The van der Waals surface area contributed by atoms with Crippen molar-refractivity contribution >= 4 is 17.7 Å². The van der Waals surface area contributed by atoms with Crippen LogP contribution in [0.1, 0.15) is 32.3 Å². The Labute approximate surface area is 212 Å². The van der Waals surface area contributed by atoms with Crippen LogP contribution in [0.25, 0.3) is 0 Å². The van der Waals surface area contributed by atoms with Crippen LogP contribution in [0, 0.1) is 0 Å². The van der Waals surface area contributed by atoms with Gasteiger partial charge in [-0.15, -0.1) is 0 Å². The topological polar surface area (TPSA) is 88.1 Å². The number of carboxylic acid groups (broad SMARTS) is 1. The van der Waals surface area contributed by atoms with Gasteiger partial charge >= 0.3 is 12.0 Å². The molecular formula is C29H34N2O5. The highest BCUT2D eigenvalue weighted by Crippen LogP contribution is 2.24. The molecule has 3 aromatic rings. The molecule has 2 amide bonds. The normalized spacial score (nSPS) is 12.3. The zero-order valence-electron chi connectivity index (χ0n) is 20.9. The number of carbonyl (C=O) groups excluding carboxylic acids is 1. The average molecular weight is 491 g/mol. The van der Waals surface area contributed by atoms with E-state index in [1.165, 1.54) is 0 Å². The largest absolute Gasteiger partial charge is 0.494 e. The fourth-order valence-corrected chi connectivity index (χ4v) is 3.75. The number of hydrogen-bond donors (Lipinski definition) is 2. The van der Waals surface area contributed by atoms with Crippen molar-refractivity contribution in [1.82, 2.24) is 4.90 Å². The molecule has 1 atom stereocenters. The van der Waals surface area contributed by atoms with E-state index in [0.717, 1.165) is 17.7 Å². The SMILES string of the molecule is CCCN(CCCOc1ccc(C[C@](C)(Oc2ccccc2)C(=O)O)cc1)C(=O)Nc1ccccc1. The molecule has 0 bridgehead atoms. The van der Waals surface area contributed by atoms with Gasteiger partial charge in [-0.25, -0.2) is 9.59 Å². The molecule has 0 aromatic heterocycles. The Kier molecular flexibility index (Phi) is 9.74. The summed E-state index contributed by atoms with van der Waals surface area (Å²) < 4.78 is 11.7. The third-order valence-electron chi connectivity index (χ3n) is 5.65. The Hall–Kier alpha value is -4.00. The van der Waals surface area contributed by atoms with Crippen molar-refractivity contribution in [3.63, 3.8) is 0 Å². The fourth-order valence-electron chi connectivity index (χ4n) is 3.75. The van der Waals surface area contributed by atoms with Crippen LogP contribution < -0.4 is 14.8 Å². The molecule has 2 N–H and O–H groups in total. The lowest BCUT2D eigenvalue weighted by Gasteiger charge is -2.26. The number of para-hydroxylation sites is 2. The Morgan fingerprint density at radius 1 is 0.889 bits per heavy atom. The second-order valence-corrected chi connectivity index (χ2v) is 8.76. The predicted octanol–water partition coefficient (Wildman–Crippen LogP) is 5.86. The Morgan fingerprint density at radius 3 is 2.14 bits per heavy atom. The van der Waals surface area contributed by atoms with Crippen molar-refractivity contribution in [2.45, 2.75) is 38.7 Å². The molecule has 0 spiro atoms. The van der Waals surface area contributed by atoms with Crippen LogP contribution in [-0.2, 0) is 11.2 Å². The quantitative estimate of drug-likeness (QED) is 0.293. The number of amides is 2. The average Bonchev–Trinajstić information content (AvgIpc) is 2.88. The first kappa shape index (κ1) is 26.6.